The lowest BCUT2D eigenvalue weighted by molar-refractivity contribution is 0.102. The molecule has 0 unspecified atom stereocenters. The molecule has 21 heavy (non-hydrogen) atoms. The highest BCUT2D eigenvalue weighted by molar-refractivity contribution is 7.22. The minimum Gasteiger partial charge on any atom is -0.399 e. The predicted molar refractivity (Wildman–Crippen MR) is 87.3 cm³/mol. The fourth-order valence-corrected chi connectivity index (χ4v) is 2.88. The fourth-order valence-electron chi connectivity index (χ4n) is 1.97. The number of nitrogens with one attached hydrogen (secondary N) is 1. The van der Waals surface area contributed by atoms with E-state index in [0.29, 0.717) is 27.8 Å². The summed E-state index contributed by atoms with van der Waals surface area (Å²) < 4.78 is 0.914. The van der Waals surface area contributed by atoms with E-state index in [2.05, 4.69) is 10.3 Å². The van der Waals surface area contributed by atoms with Gasteiger partial charge in [-0.2, -0.15) is 0 Å². The average Bonchev–Trinajstić information content (AvgIpc) is 2.78. The molecule has 106 valence electrons. The molecule has 0 radical (unpaired) electrons. The Labute approximate surface area is 124 Å². The van der Waals surface area contributed by atoms with Crippen molar-refractivity contribution in [1.82, 2.24) is 4.98 Å². The highest BCUT2D eigenvalue weighted by Crippen LogP contribution is 2.28. The van der Waals surface area contributed by atoms with Crippen molar-refractivity contribution in [3.05, 3.63) is 42.0 Å². The van der Waals surface area contributed by atoms with E-state index in [0.717, 1.165) is 10.2 Å². The summed E-state index contributed by atoms with van der Waals surface area (Å²) in [6.07, 6.45) is 0. The van der Waals surface area contributed by atoms with Crippen molar-refractivity contribution in [3.8, 4) is 0 Å². The smallest absolute Gasteiger partial charge is 0.257 e. The summed E-state index contributed by atoms with van der Waals surface area (Å²) in [5.41, 5.74) is 19.8. The van der Waals surface area contributed by atoms with Crippen molar-refractivity contribution < 1.29 is 4.79 Å². The summed E-state index contributed by atoms with van der Waals surface area (Å²) in [5.74, 6) is -0.305. The van der Waals surface area contributed by atoms with Gasteiger partial charge in [-0.05, 0) is 36.4 Å². The van der Waals surface area contributed by atoms with Crippen LogP contribution in [0.5, 0.6) is 0 Å². The normalized spacial score (nSPS) is 10.7. The number of anilines is 4. The molecule has 0 fully saturated rings. The molecular weight excluding hydrogens is 286 g/mol. The van der Waals surface area contributed by atoms with Gasteiger partial charge in [-0.25, -0.2) is 4.98 Å². The number of nitrogens with zero attached hydrogens (tertiary/aromatic N) is 1. The number of hydrogen-bond acceptors (Lipinski definition) is 6. The maximum atomic E-state index is 12.2. The van der Waals surface area contributed by atoms with Crippen molar-refractivity contribution in [3.63, 3.8) is 0 Å². The summed E-state index contributed by atoms with van der Waals surface area (Å²) in [6, 6.07) is 10.1. The van der Waals surface area contributed by atoms with Crippen molar-refractivity contribution in [2.24, 2.45) is 0 Å². The largest absolute Gasteiger partial charge is 0.399 e. The van der Waals surface area contributed by atoms with Gasteiger partial charge in [0.1, 0.15) is 0 Å². The molecule has 3 aromatic rings. The fraction of sp³-hybridized carbons (Fsp3) is 0. The Kier molecular flexibility index (Phi) is 3.11. The molecule has 0 spiro atoms. The van der Waals surface area contributed by atoms with E-state index < -0.39 is 0 Å². The Morgan fingerprint density at radius 1 is 1.00 bits per heavy atom. The zero-order valence-corrected chi connectivity index (χ0v) is 11.8. The summed E-state index contributed by atoms with van der Waals surface area (Å²) >= 11 is 1.36. The van der Waals surface area contributed by atoms with Crippen LogP contribution in [0.15, 0.2) is 36.4 Å². The summed E-state index contributed by atoms with van der Waals surface area (Å²) in [7, 11) is 0. The van der Waals surface area contributed by atoms with Crippen LogP contribution in [0.4, 0.5) is 22.2 Å². The highest BCUT2D eigenvalue weighted by Gasteiger charge is 2.11. The van der Waals surface area contributed by atoms with Crippen LogP contribution in [0.1, 0.15) is 10.4 Å². The number of amides is 1. The Bertz CT molecular complexity index is 822. The molecule has 0 atom stereocenters. The molecular formula is C14H13N5OS. The van der Waals surface area contributed by atoms with E-state index in [1.54, 1.807) is 24.3 Å². The Balaban J connectivity index is 1.88. The standard InChI is InChI=1S/C14H13N5OS/c15-8-1-2-11-12(6-8)21-14(18-11)19-13(20)7-3-9(16)5-10(17)4-7/h1-6H,15-17H2,(H,18,19,20). The summed E-state index contributed by atoms with van der Waals surface area (Å²) in [6.45, 7) is 0. The third-order valence-corrected chi connectivity index (χ3v) is 3.81. The number of nitrogen functional groups attached to an aromatic ring is 3. The zero-order valence-electron chi connectivity index (χ0n) is 11.0. The molecule has 0 aliphatic rings. The van der Waals surface area contributed by atoms with Gasteiger partial charge in [-0.15, -0.1) is 0 Å². The van der Waals surface area contributed by atoms with E-state index in [1.165, 1.54) is 11.3 Å². The Hall–Kier alpha value is -2.80. The van der Waals surface area contributed by atoms with Crippen molar-refractivity contribution in [1.29, 1.82) is 0 Å². The van der Waals surface area contributed by atoms with Gasteiger partial charge in [0.2, 0.25) is 0 Å². The van der Waals surface area contributed by atoms with Gasteiger partial charge in [0, 0.05) is 22.6 Å². The van der Waals surface area contributed by atoms with E-state index in [1.807, 2.05) is 12.1 Å². The van der Waals surface area contributed by atoms with Crippen LogP contribution in [-0.2, 0) is 0 Å². The molecule has 2 aromatic carbocycles. The van der Waals surface area contributed by atoms with Gasteiger partial charge < -0.3 is 17.2 Å². The first-order valence-corrected chi connectivity index (χ1v) is 6.96. The molecule has 0 saturated carbocycles. The second kappa shape index (κ2) is 4.95. The number of carbonyl (C=O) groups is 1. The minimum absolute atomic E-state index is 0.305. The van der Waals surface area contributed by atoms with Crippen molar-refractivity contribution in [2.45, 2.75) is 0 Å². The monoisotopic (exact) mass is 299 g/mol. The van der Waals surface area contributed by atoms with E-state index in [9.17, 15) is 4.79 Å². The first-order chi connectivity index (χ1) is 10.0. The van der Waals surface area contributed by atoms with Crippen LogP contribution in [0, 0.1) is 0 Å². The molecule has 0 aliphatic heterocycles. The Morgan fingerprint density at radius 3 is 2.43 bits per heavy atom. The third-order valence-electron chi connectivity index (χ3n) is 2.87. The second-order valence-electron chi connectivity index (χ2n) is 4.59. The van der Waals surface area contributed by atoms with Crippen molar-refractivity contribution >= 4 is 49.7 Å². The van der Waals surface area contributed by atoms with E-state index >= 15 is 0 Å². The van der Waals surface area contributed by atoms with Gasteiger partial charge >= 0.3 is 0 Å². The van der Waals surface area contributed by atoms with Gasteiger partial charge in [0.15, 0.2) is 5.13 Å². The number of fused-ring (bicyclic) bond motifs is 1. The lowest BCUT2D eigenvalue weighted by atomic mass is 10.1. The lowest BCUT2D eigenvalue weighted by Gasteiger charge is -2.04. The zero-order chi connectivity index (χ0) is 15.0. The molecule has 0 bridgehead atoms. The lowest BCUT2D eigenvalue weighted by Crippen LogP contribution is -2.12. The molecule has 0 saturated heterocycles. The number of hydrogen-bond donors (Lipinski definition) is 4. The number of aromatic nitrogens is 1. The molecule has 7 N–H and O–H groups in total. The van der Waals surface area contributed by atoms with Crippen LogP contribution in [0.2, 0.25) is 0 Å². The summed E-state index contributed by atoms with van der Waals surface area (Å²) in [5, 5.41) is 3.24. The maximum Gasteiger partial charge on any atom is 0.257 e. The number of nitrogens with two attached hydrogens (primary N) is 3. The molecule has 3 rings (SSSR count). The minimum atomic E-state index is -0.305. The predicted octanol–water partition coefficient (Wildman–Crippen LogP) is 2.30. The van der Waals surface area contributed by atoms with Crippen molar-refractivity contribution in [2.75, 3.05) is 22.5 Å². The maximum absolute atomic E-state index is 12.2. The van der Waals surface area contributed by atoms with Gasteiger partial charge in [-0.3, -0.25) is 10.1 Å². The van der Waals surface area contributed by atoms with Crippen LogP contribution < -0.4 is 22.5 Å². The Morgan fingerprint density at radius 2 is 1.71 bits per heavy atom. The quantitative estimate of drug-likeness (QED) is 0.541. The SMILES string of the molecule is Nc1cc(N)cc(C(=O)Nc2nc3ccc(N)cc3s2)c1. The van der Waals surface area contributed by atoms with Gasteiger partial charge in [-0.1, -0.05) is 11.3 Å². The summed E-state index contributed by atoms with van der Waals surface area (Å²) in [4.78, 5) is 16.5. The number of rotatable bonds is 2. The molecule has 7 heteroatoms. The van der Waals surface area contributed by atoms with Crippen LogP contribution in [-0.4, -0.2) is 10.9 Å². The average molecular weight is 299 g/mol. The number of thiazole rings is 1. The molecule has 1 amide bonds. The number of carbonyl (C=O) groups excluding carboxylic acids is 1. The van der Waals surface area contributed by atoms with Crippen LogP contribution in [0.25, 0.3) is 10.2 Å². The van der Waals surface area contributed by atoms with Gasteiger partial charge in [0.05, 0.1) is 10.2 Å². The third kappa shape index (κ3) is 2.72. The van der Waals surface area contributed by atoms with Gasteiger partial charge in [0.25, 0.3) is 5.91 Å². The molecule has 0 aliphatic carbocycles. The molecule has 6 nitrogen and oxygen atoms in total. The first kappa shape index (κ1) is 13.2. The van der Waals surface area contributed by atoms with E-state index in [4.69, 9.17) is 17.2 Å². The molecule has 1 heterocycles. The van der Waals surface area contributed by atoms with E-state index in [-0.39, 0.29) is 5.91 Å². The first-order valence-electron chi connectivity index (χ1n) is 6.15. The van der Waals surface area contributed by atoms with Crippen LogP contribution in [0.3, 0.4) is 0 Å². The second-order valence-corrected chi connectivity index (χ2v) is 5.62. The molecule has 1 aromatic heterocycles. The highest BCUT2D eigenvalue weighted by atomic mass is 32.1. The van der Waals surface area contributed by atoms with Crippen LogP contribution >= 0.6 is 11.3 Å². The topological polar surface area (TPSA) is 120 Å². The number of benzene rings is 2.